The van der Waals surface area contributed by atoms with Gasteiger partial charge in [-0.15, -0.1) is 11.3 Å². The maximum absolute atomic E-state index is 12.9. The van der Waals surface area contributed by atoms with Crippen LogP contribution in [-0.2, 0) is 22.0 Å². The Morgan fingerprint density at radius 1 is 1.16 bits per heavy atom. The summed E-state index contributed by atoms with van der Waals surface area (Å²) in [6.45, 7) is 14.7. The zero-order chi connectivity index (χ0) is 28.1. The number of aryl methyl sites for hydroxylation is 1. The van der Waals surface area contributed by atoms with Crippen LogP contribution in [0.25, 0.3) is 0 Å². The van der Waals surface area contributed by atoms with Gasteiger partial charge in [0.15, 0.2) is 8.32 Å². The number of benzene rings is 1. The van der Waals surface area contributed by atoms with Crippen molar-refractivity contribution in [3.8, 4) is 0 Å². The Bertz CT molecular complexity index is 1140. The topological polar surface area (TPSA) is 59.1 Å². The largest absolute Gasteiger partial charge is 0.465 e. The molecule has 0 N–H and O–H groups in total. The highest BCUT2D eigenvalue weighted by molar-refractivity contribution is 9.10. The summed E-state index contributed by atoms with van der Waals surface area (Å²) in [7, 11) is -0.621. The zero-order valence-electron chi connectivity index (χ0n) is 23.4. The fourth-order valence-corrected chi connectivity index (χ4v) is 7.62. The summed E-state index contributed by atoms with van der Waals surface area (Å²) < 4.78 is 12.8. The summed E-state index contributed by atoms with van der Waals surface area (Å²) in [5, 5.41) is 5.77. The molecule has 0 fully saturated rings. The molecule has 38 heavy (non-hydrogen) atoms. The minimum Gasteiger partial charge on any atom is -0.465 e. The predicted octanol–water partition coefficient (Wildman–Crippen LogP) is 8.03. The summed E-state index contributed by atoms with van der Waals surface area (Å²) in [5.74, 6) is -0.330. The SMILES string of the molecule is COC(=O)c1ccc(CCN2C(=O)SC=CN2CCC(Cc2cc(C)cc(Br)c2)O[Si](C)(C)C(C)(C)C)s1. The molecule has 208 valence electrons. The van der Waals surface area contributed by atoms with E-state index in [-0.39, 0.29) is 22.4 Å². The Morgan fingerprint density at radius 3 is 2.55 bits per heavy atom. The second kappa shape index (κ2) is 13.2. The van der Waals surface area contributed by atoms with Crippen molar-refractivity contribution < 1.29 is 18.8 Å². The van der Waals surface area contributed by atoms with Crippen molar-refractivity contribution in [3.05, 3.63) is 67.3 Å². The van der Waals surface area contributed by atoms with E-state index in [1.807, 2.05) is 22.7 Å². The maximum Gasteiger partial charge on any atom is 0.348 e. The Morgan fingerprint density at radius 2 is 1.89 bits per heavy atom. The minimum atomic E-state index is -2.01. The van der Waals surface area contributed by atoms with Crippen molar-refractivity contribution in [2.75, 3.05) is 20.2 Å². The van der Waals surface area contributed by atoms with E-state index < -0.39 is 8.32 Å². The third-order valence-electron chi connectivity index (χ3n) is 7.05. The molecule has 2 aromatic rings. The number of rotatable bonds is 11. The molecule has 0 saturated carbocycles. The molecule has 1 aliphatic heterocycles. The number of carbonyl (C=O) groups is 2. The van der Waals surface area contributed by atoms with Gasteiger partial charge in [0.05, 0.1) is 13.2 Å². The number of hydrogen-bond acceptors (Lipinski definition) is 7. The van der Waals surface area contributed by atoms with E-state index in [2.05, 4.69) is 74.9 Å². The number of methoxy groups -OCH3 is 1. The zero-order valence-corrected chi connectivity index (χ0v) is 27.6. The Kier molecular flexibility index (Phi) is 10.7. The van der Waals surface area contributed by atoms with Crippen LogP contribution in [-0.4, -0.2) is 55.8 Å². The van der Waals surface area contributed by atoms with Gasteiger partial charge < -0.3 is 9.16 Å². The molecular formula is C28H39BrN2O4S2Si. The smallest absolute Gasteiger partial charge is 0.348 e. The van der Waals surface area contributed by atoms with Gasteiger partial charge in [-0.3, -0.25) is 9.80 Å². The van der Waals surface area contributed by atoms with Crippen LogP contribution in [0.5, 0.6) is 0 Å². The van der Waals surface area contributed by atoms with Crippen LogP contribution in [0, 0.1) is 6.92 Å². The monoisotopic (exact) mass is 638 g/mol. The molecule has 1 unspecified atom stereocenters. The third-order valence-corrected chi connectivity index (χ3v) is 13.8. The van der Waals surface area contributed by atoms with Crippen LogP contribution < -0.4 is 0 Å². The molecule has 1 aromatic heterocycles. The summed E-state index contributed by atoms with van der Waals surface area (Å²) >= 11 is 6.25. The van der Waals surface area contributed by atoms with Gasteiger partial charge in [-0.1, -0.05) is 42.8 Å². The lowest BCUT2D eigenvalue weighted by molar-refractivity contribution is 0.0566. The first-order valence-corrected chi connectivity index (χ1v) is 18.2. The van der Waals surface area contributed by atoms with E-state index >= 15 is 0 Å². The molecular weight excluding hydrogens is 600 g/mol. The number of hydrazine groups is 1. The van der Waals surface area contributed by atoms with E-state index in [1.165, 1.54) is 41.3 Å². The first kappa shape index (κ1) is 30.9. The molecule has 2 heterocycles. The summed E-state index contributed by atoms with van der Waals surface area (Å²) in [5.41, 5.74) is 2.47. The summed E-state index contributed by atoms with van der Waals surface area (Å²) in [6, 6.07) is 10.2. The third kappa shape index (κ3) is 8.45. The number of halogens is 1. The highest BCUT2D eigenvalue weighted by atomic mass is 79.9. The van der Waals surface area contributed by atoms with Crippen molar-refractivity contribution in [2.24, 2.45) is 0 Å². The molecule has 0 spiro atoms. The highest BCUT2D eigenvalue weighted by Crippen LogP contribution is 2.38. The van der Waals surface area contributed by atoms with Crippen molar-refractivity contribution >= 4 is 58.6 Å². The number of nitrogens with zero attached hydrogens (tertiary/aromatic N) is 2. The first-order valence-electron chi connectivity index (χ1n) is 12.8. The van der Waals surface area contributed by atoms with Gasteiger partial charge in [-0.25, -0.2) is 9.80 Å². The summed E-state index contributed by atoms with van der Waals surface area (Å²) in [4.78, 5) is 26.3. The van der Waals surface area contributed by atoms with Gasteiger partial charge in [-0.05, 0) is 90.5 Å². The number of esters is 1. The molecule has 0 bridgehead atoms. The second-order valence-corrected chi connectivity index (χ2v) is 18.8. The van der Waals surface area contributed by atoms with Crippen LogP contribution in [0.4, 0.5) is 4.79 Å². The Balaban J connectivity index is 1.72. The lowest BCUT2D eigenvalue weighted by Crippen LogP contribution is -2.47. The lowest BCUT2D eigenvalue weighted by Gasteiger charge is -2.41. The molecule has 0 saturated heterocycles. The van der Waals surface area contributed by atoms with Crippen LogP contribution in [0.2, 0.25) is 18.1 Å². The van der Waals surface area contributed by atoms with E-state index in [0.29, 0.717) is 24.4 Å². The normalized spacial score (nSPS) is 15.2. The first-order chi connectivity index (χ1) is 17.8. The number of carbonyl (C=O) groups excluding carboxylic acids is 2. The predicted molar refractivity (Wildman–Crippen MR) is 164 cm³/mol. The van der Waals surface area contributed by atoms with Crippen molar-refractivity contribution in [3.63, 3.8) is 0 Å². The van der Waals surface area contributed by atoms with Crippen molar-refractivity contribution in [1.29, 1.82) is 0 Å². The van der Waals surface area contributed by atoms with E-state index in [1.54, 1.807) is 11.1 Å². The summed E-state index contributed by atoms with van der Waals surface area (Å²) in [6.07, 6.45) is 4.29. The molecule has 6 nitrogen and oxygen atoms in total. The number of thiophene rings is 1. The number of hydrogen-bond donors (Lipinski definition) is 0. The molecule has 10 heteroatoms. The molecule has 1 aromatic carbocycles. The van der Waals surface area contributed by atoms with Crippen LogP contribution >= 0.6 is 39.0 Å². The minimum absolute atomic E-state index is 0.00160. The molecule has 3 rings (SSSR count). The average molecular weight is 640 g/mol. The highest BCUT2D eigenvalue weighted by Gasteiger charge is 2.39. The van der Waals surface area contributed by atoms with E-state index in [0.717, 1.165) is 22.2 Å². The van der Waals surface area contributed by atoms with Crippen molar-refractivity contribution in [1.82, 2.24) is 10.0 Å². The van der Waals surface area contributed by atoms with Gasteiger partial charge in [0.1, 0.15) is 4.88 Å². The van der Waals surface area contributed by atoms with Crippen LogP contribution in [0.3, 0.4) is 0 Å². The van der Waals surface area contributed by atoms with Gasteiger partial charge >= 0.3 is 11.2 Å². The van der Waals surface area contributed by atoms with E-state index in [4.69, 9.17) is 9.16 Å². The average Bonchev–Trinajstić information content (AvgIpc) is 3.29. The van der Waals surface area contributed by atoms with Crippen LogP contribution in [0.15, 0.2) is 46.4 Å². The molecule has 1 amide bonds. The Hall–Kier alpha value is -1.59. The molecule has 1 atom stereocenters. The van der Waals surface area contributed by atoms with Gasteiger partial charge in [0.25, 0.3) is 0 Å². The fraction of sp³-hybridized carbons (Fsp3) is 0.500. The second-order valence-electron chi connectivity index (χ2n) is 11.1. The molecule has 0 aliphatic carbocycles. The number of amides is 1. The van der Waals surface area contributed by atoms with Gasteiger partial charge in [-0.2, -0.15) is 0 Å². The number of thioether (sulfide) groups is 1. The van der Waals surface area contributed by atoms with Gasteiger partial charge in [0.2, 0.25) is 0 Å². The van der Waals surface area contributed by atoms with Crippen LogP contribution in [0.1, 0.15) is 52.9 Å². The van der Waals surface area contributed by atoms with E-state index in [9.17, 15) is 9.59 Å². The fourth-order valence-electron chi connectivity index (χ4n) is 4.02. The molecule has 1 aliphatic rings. The standard InChI is InChI=1S/C28H39BrN2O4S2Si/c1-20-16-21(18-22(29)17-20)19-23(35-38(6,7)28(2,3)4)10-12-30-14-15-36-27(33)31(30)13-11-24-8-9-25(37-24)26(32)34-5/h8-9,14-18,23H,10-13,19H2,1-7H3. The van der Waals surface area contributed by atoms with Gasteiger partial charge in [0, 0.05) is 35.1 Å². The number of ether oxygens (including phenoxy) is 1. The lowest BCUT2D eigenvalue weighted by atomic mass is 10.0. The molecule has 0 radical (unpaired) electrons. The maximum atomic E-state index is 12.9. The van der Waals surface area contributed by atoms with Crippen molar-refractivity contribution in [2.45, 2.75) is 71.2 Å². The Labute approximate surface area is 245 Å². The quantitative estimate of drug-likeness (QED) is 0.183.